The van der Waals surface area contributed by atoms with Crippen LogP contribution in [0.25, 0.3) is 0 Å². The van der Waals surface area contributed by atoms with Crippen molar-refractivity contribution in [3.63, 3.8) is 0 Å². The van der Waals surface area contributed by atoms with Crippen molar-refractivity contribution in [2.24, 2.45) is 0 Å². The number of carbonyl (C=O) groups excluding carboxylic acids is 1. The van der Waals surface area contributed by atoms with Gasteiger partial charge in [0.05, 0.1) is 6.10 Å². The third-order valence-electron chi connectivity index (χ3n) is 2.36. The topological polar surface area (TPSA) is 35.5 Å². The van der Waals surface area contributed by atoms with Crippen LogP contribution < -0.4 is 0 Å². The molecule has 0 bridgehead atoms. The SMILES string of the molecule is O=C1C=CC(O[C@@H]2CCCCO2)C1. The van der Waals surface area contributed by atoms with Gasteiger partial charge < -0.3 is 9.47 Å². The summed E-state index contributed by atoms with van der Waals surface area (Å²) in [5.74, 6) is 0.154. The minimum absolute atomic E-state index is 0.0457. The Hall–Kier alpha value is -0.670. The number of ether oxygens (including phenoxy) is 2. The standard InChI is InChI=1S/C10H14O3/c11-8-4-5-9(7-8)13-10-3-1-2-6-12-10/h4-5,9-10H,1-3,6-7H2/t9?,10-/m1/s1. The Labute approximate surface area is 77.7 Å². The largest absolute Gasteiger partial charge is 0.353 e. The van der Waals surface area contributed by atoms with Crippen LogP contribution in [-0.4, -0.2) is 24.8 Å². The Kier molecular flexibility index (Phi) is 2.76. The first-order valence-electron chi connectivity index (χ1n) is 4.83. The average molecular weight is 182 g/mol. The summed E-state index contributed by atoms with van der Waals surface area (Å²) in [7, 11) is 0. The van der Waals surface area contributed by atoms with E-state index in [1.165, 1.54) is 0 Å². The van der Waals surface area contributed by atoms with Gasteiger partial charge in [-0.05, 0) is 25.3 Å². The summed E-state index contributed by atoms with van der Waals surface area (Å²) in [5.41, 5.74) is 0. The predicted molar refractivity (Wildman–Crippen MR) is 47.2 cm³/mol. The first kappa shape index (κ1) is 8.91. The summed E-state index contributed by atoms with van der Waals surface area (Å²) in [6.07, 6.45) is 7.01. The van der Waals surface area contributed by atoms with Gasteiger partial charge in [0, 0.05) is 13.0 Å². The van der Waals surface area contributed by atoms with Gasteiger partial charge >= 0.3 is 0 Å². The lowest BCUT2D eigenvalue weighted by Gasteiger charge is -2.24. The van der Waals surface area contributed by atoms with Crippen LogP contribution >= 0.6 is 0 Å². The number of carbonyl (C=O) groups is 1. The lowest BCUT2D eigenvalue weighted by molar-refractivity contribution is -0.178. The zero-order valence-electron chi connectivity index (χ0n) is 7.57. The highest BCUT2D eigenvalue weighted by Crippen LogP contribution is 2.19. The molecular weight excluding hydrogens is 168 g/mol. The van der Waals surface area contributed by atoms with Gasteiger partial charge in [0.2, 0.25) is 0 Å². The molecule has 0 amide bonds. The molecule has 0 spiro atoms. The minimum atomic E-state index is -0.0886. The quantitative estimate of drug-likeness (QED) is 0.648. The average Bonchev–Trinajstić information content (AvgIpc) is 2.53. The zero-order chi connectivity index (χ0) is 9.10. The van der Waals surface area contributed by atoms with E-state index in [0.29, 0.717) is 6.42 Å². The van der Waals surface area contributed by atoms with Crippen LogP contribution in [0.1, 0.15) is 25.7 Å². The summed E-state index contributed by atoms with van der Waals surface area (Å²) in [5, 5.41) is 0. The normalized spacial score (nSPS) is 34.0. The summed E-state index contributed by atoms with van der Waals surface area (Å²) in [6.45, 7) is 0.787. The molecule has 1 unspecified atom stereocenters. The third kappa shape index (κ3) is 2.39. The Morgan fingerprint density at radius 1 is 1.46 bits per heavy atom. The highest BCUT2D eigenvalue weighted by Gasteiger charge is 2.22. The fourth-order valence-electron chi connectivity index (χ4n) is 1.66. The fraction of sp³-hybridized carbons (Fsp3) is 0.700. The van der Waals surface area contributed by atoms with Gasteiger partial charge in [-0.25, -0.2) is 0 Å². The van der Waals surface area contributed by atoms with E-state index in [-0.39, 0.29) is 18.2 Å². The van der Waals surface area contributed by atoms with Gasteiger partial charge in [0.1, 0.15) is 0 Å². The van der Waals surface area contributed by atoms with Crippen molar-refractivity contribution in [1.82, 2.24) is 0 Å². The summed E-state index contributed by atoms with van der Waals surface area (Å²) in [6, 6.07) is 0. The lowest BCUT2D eigenvalue weighted by Crippen LogP contribution is -2.26. The Balaban J connectivity index is 1.77. The van der Waals surface area contributed by atoms with E-state index >= 15 is 0 Å². The number of hydrogen-bond acceptors (Lipinski definition) is 3. The molecule has 1 aliphatic carbocycles. The van der Waals surface area contributed by atoms with Crippen molar-refractivity contribution >= 4 is 5.78 Å². The Morgan fingerprint density at radius 2 is 2.38 bits per heavy atom. The van der Waals surface area contributed by atoms with E-state index in [1.807, 2.05) is 6.08 Å². The van der Waals surface area contributed by atoms with Gasteiger partial charge in [-0.1, -0.05) is 6.08 Å². The molecule has 1 fully saturated rings. The maximum atomic E-state index is 10.9. The highest BCUT2D eigenvalue weighted by atomic mass is 16.7. The van der Waals surface area contributed by atoms with Crippen LogP contribution in [0.5, 0.6) is 0 Å². The van der Waals surface area contributed by atoms with Gasteiger partial charge in [-0.2, -0.15) is 0 Å². The molecule has 2 atom stereocenters. The van der Waals surface area contributed by atoms with E-state index in [1.54, 1.807) is 6.08 Å². The van der Waals surface area contributed by atoms with Crippen LogP contribution in [0, 0.1) is 0 Å². The monoisotopic (exact) mass is 182 g/mol. The highest BCUT2D eigenvalue weighted by molar-refractivity contribution is 5.92. The molecule has 1 heterocycles. The Morgan fingerprint density at radius 3 is 3.00 bits per heavy atom. The van der Waals surface area contributed by atoms with Crippen LogP contribution in [0.15, 0.2) is 12.2 Å². The maximum Gasteiger partial charge on any atom is 0.158 e. The van der Waals surface area contributed by atoms with Crippen LogP contribution in [0.3, 0.4) is 0 Å². The second-order valence-electron chi connectivity index (χ2n) is 3.50. The molecule has 2 rings (SSSR count). The van der Waals surface area contributed by atoms with Crippen molar-refractivity contribution in [2.45, 2.75) is 38.1 Å². The first-order valence-corrected chi connectivity index (χ1v) is 4.83. The zero-order valence-corrected chi connectivity index (χ0v) is 7.57. The molecule has 72 valence electrons. The summed E-state index contributed by atoms with van der Waals surface area (Å²) >= 11 is 0. The molecule has 0 radical (unpaired) electrons. The van der Waals surface area contributed by atoms with Crippen molar-refractivity contribution < 1.29 is 14.3 Å². The molecule has 3 heteroatoms. The molecular formula is C10H14O3. The summed E-state index contributed by atoms with van der Waals surface area (Å²) in [4.78, 5) is 10.9. The molecule has 0 aromatic rings. The number of hydrogen-bond donors (Lipinski definition) is 0. The molecule has 0 aromatic heterocycles. The van der Waals surface area contributed by atoms with Crippen LogP contribution in [0.4, 0.5) is 0 Å². The molecule has 1 saturated heterocycles. The fourth-order valence-corrected chi connectivity index (χ4v) is 1.66. The first-order chi connectivity index (χ1) is 6.34. The second-order valence-corrected chi connectivity index (χ2v) is 3.50. The van der Waals surface area contributed by atoms with Crippen molar-refractivity contribution in [1.29, 1.82) is 0 Å². The van der Waals surface area contributed by atoms with Crippen LogP contribution in [0.2, 0.25) is 0 Å². The molecule has 1 aliphatic heterocycles. The minimum Gasteiger partial charge on any atom is -0.353 e. The number of allylic oxidation sites excluding steroid dienone is 1. The summed E-state index contributed by atoms with van der Waals surface area (Å²) < 4.78 is 11.0. The van der Waals surface area contributed by atoms with E-state index in [0.717, 1.165) is 25.9 Å². The molecule has 2 aliphatic rings. The smallest absolute Gasteiger partial charge is 0.158 e. The van der Waals surface area contributed by atoms with Gasteiger partial charge in [-0.3, -0.25) is 4.79 Å². The van der Waals surface area contributed by atoms with Crippen molar-refractivity contribution in [3.8, 4) is 0 Å². The van der Waals surface area contributed by atoms with E-state index in [2.05, 4.69) is 0 Å². The van der Waals surface area contributed by atoms with E-state index in [4.69, 9.17) is 9.47 Å². The van der Waals surface area contributed by atoms with Gasteiger partial charge in [0.15, 0.2) is 12.1 Å². The predicted octanol–water partition coefficient (Wildman–Crippen LogP) is 1.43. The maximum absolute atomic E-state index is 10.9. The lowest BCUT2D eigenvalue weighted by atomic mass is 10.2. The van der Waals surface area contributed by atoms with Gasteiger partial charge in [0.25, 0.3) is 0 Å². The molecule has 13 heavy (non-hydrogen) atoms. The van der Waals surface area contributed by atoms with Crippen LogP contribution in [-0.2, 0) is 14.3 Å². The molecule has 0 N–H and O–H groups in total. The number of ketones is 1. The molecule has 3 nitrogen and oxygen atoms in total. The second kappa shape index (κ2) is 4.03. The van der Waals surface area contributed by atoms with Crippen molar-refractivity contribution in [3.05, 3.63) is 12.2 Å². The third-order valence-corrected chi connectivity index (χ3v) is 2.36. The molecule has 0 aromatic carbocycles. The number of rotatable bonds is 2. The van der Waals surface area contributed by atoms with E-state index in [9.17, 15) is 4.79 Å². The van der Waals surface area contributed by atoms with E-state index < -0.39 is 0 Å². The van der Waals surface area contributed by atoms with Crippen molar-refractivity contribution in [2.75, 3.05) is 6.61 Å². The Bertz CT molecular complexity index is 216. The molecule has 0 saturated carbocycles. The van der Waals surface area contributed by atoms with Gasteiger partial charge in [-0.15, -0.1) is 0 Å².